The maximum Gasteiger partial charge on any atom is 0.293 e. The number of hydrogen-bond donors (Lipinski definition) is 2. The van der Waals surface area contributed by atoms with Crippen molar-refractivity contribution in [3.63, 3.8) is 0 Å². The minimum absolute atomic E-state index is 0.00268. The van der Waals surface area contributed by atoms with Gasteiger partial charge in [-0.2, -0.15) is 4.72 Å². The van der Waals surface area contributed by atoms with E-state index >= 15 is 0 Å². The second-order valence-corrected chi connectivity index (χ2v) is 11.9. The van der Waals surface area contributed by atoms with E-state index in [-0.39, 0.29) is 23.9 Å². The largest absolute Gasteiger partial charge is 0.353 e. The summed E-state index contributed by atoms with van der Waals surface area (Å²) >= 11 is 2.32. The lowest BCUT2D eigenvalue weighted by Gasteiger charge is -2.21. The molecule has 1 aromatic carbocycles. The van der Waals surface area contributed by atoms with Crippen LogP contribution in [0.25, 0.3) is 6.08 Å². The van der Waals surface area contributed by atoms with Gasteiger partial charge in [-0.15, -0.1) is 11.3 Å². The average molecular weight is 522 g/mol. The Morgan fingerprint density at radius 1 is 1.15 bits per heavy atom. The van der Waals surface area contributed by atoms with Gasteiger partial charge < -0.3 is 5.32 Å². The molecular weight excluding hydrogens is 494 g/mol. The molecule has 0 unspecified atom stereocenters. The minimum atomic E-state index is -3.90. The highest BCUT2D eigenvalue weighted by Gasteiger charge is 2.35. The molecule has 34 heavy (non-hydrogen) atoms. The number of amides is 3. The number of thiophene rings is 1. The normalized spacial score (nSPS) is 16.5. The van der Waals surface area contributed by atoms with Crippen LogP contribution in [0.5, 0.6) is 0 Å². The van der Waals surface area contributed by atoms with Crippen LogP contribution in [-0.4, -0.2) is 49.5 Å². The third kappa shape index (κ3) is 6.78. The first-order valence-corrected chi connectivity index (χ1v) is 13.9. The molecule has 0 spiro atoms. The quantitative estimate of drug-likeness (QED) is 0.462. The molecule has 2 heterocycles. The Hall–Kier alpha value is -2.47. The second kappa shape index (κ2) is 11.3. The van der Waals surface area contributed by atoms with Gasteiger partial charge in [0.05, 0.1) is 9.80 Å². The van der Waals surface area contributed by atoms with Crippen LogP contribution in [0.15, 0.2) is 51.6 Å². The summed E-state index contributed by atoms with van der Waals surface area (Å²) in [5.41, 5.74) is 0.924. The summed E-state index contributed by atoms with van der Waals surface area (Å²) < 4.78 is 28.0. The number of nitrogens with zero attached hydrogens (tertiary/aromatic N) is 1. The molecular formula is C23H27N3O5S3. The number of nitrogens with one attached hydrogen (secondary N) is 2. The van der Waals surface area contributed by atoms with Gasteiger partial charge in [-0.1, -0.05) is 37.6 Å². The van der Waals surface area contributed by atoms with Crippen molar-refractivity contribution in [3.8, 4) is 0 Å². The van der Waals surface area contributed by atoms with E-state index in [1.807, 2.05) is 38.3 Å². The van der Waals surface area contributed by atoms with Gasteiger partial charge in [-0.05, 0) is 60.7 Å². The first-order chi connectivity index (χ1) is 16.1. The number of imide groups is 1. The fourth-order valence-corrected chi connectivity index (χ4v) is 6.06. The van der Waals surface area contributed by atoms with Gasteiger partial charge in [0, 0.05) is 18.0 Å². The van der Waals surface area contributed by atoms with E-state index in [0.29, 0.717) is 11.3 Å². The maximum atomic E-state index is 12.8. The molecule has 0 bridgehead atoms. The Morgan fingerprint density at radius 2 is 1.85 bits per heavy atom. The van der Waals surface area contributed by atoms with E-state index < -0.39 is 33.1 Å². The number of hydrogen-bond acceptors (Lipinski definition) is 7. The molecule has 1 atom stereocenters. The molecule has 182 valence electrons. The average Bonchev–Trinajstić information content (AvgIpc) is 3.36. The first kappa shape index (κ1) is 26.1. The van der Waals surface area contributed by atoms with E-state index in [9.17, 15) is 22.8 Å². The number of aryl methyl sites for hydroxylation is 1. The zero-order chi connectivity index (χ0) is 24.9. The van der Waals surface area contributed by atoms with E-state index in [0.717, 1.165) is 27.1 Å². The molecule has 2 aromatic rings. The first-order valence-electron chi connectivity index (χ1n) is 10.7. The van der Waals surface area contributed by atoms with Crippen LogP contribution >= 0.6 is 23.1 Å². The molecule has 0 radical (unpaired) electrons. The zero-order valence-corrected chi connectivity index (χ0v) is 21.6. The van der Waals surface area contributed by atoms with Crippen molar-refractivity contribution in [1.82, 2.24) is 14.9 Å². The molecule has 0 saturated carbocycles. The van der Waals surface area contributed by atoms with Crippen LogP contribution < -0.4 is 10.0 Å². The second-order valence-electron chi connectivity index (χ2n) is 8.26. The van der Waals surface area contributed by atoms with Crippen molar-refractivity contribution in [2.24, 2.45) is 5.92 Å². The molecule has 1 aliphatic rings. The summed E-state index contributed by atoms with van der Waals surface area (Å²) in [6, 6.07) is 9.09. The zero-order valence-electron chi connectivity index (χ0n) is 19.1. The monoisotopic (exact) mass is 521 g/mol. The molecule has 1 aliphatic heterocycles. The molecule has 2 N–H and O–H groups in total. The molecule has 1 fully saturated rings. The summed E-state index contributed by atoms with van der Waals surface area (Å²) in [7, 11) is -3.90. The van der Waals surface area contributed by atoms with Crippen LogP contribution in [0.2, 0.25) is 0 Å². The number of carbonyl (C=O) groups is 3. The molecule has 8 nitrogen and oxygen atoms in total. The Kier molecular flexibility index (Phi) is 8.69. The van der Waals surface area contributed by atoms with Crippen molar-refractivity contribution < 1.29 is 22.8 Å². The van der Waals surface area contributed by atoms with Gasteiger partial charge in [-0.25, -0.2) is 8.42 Å². The van der Waals surface area contributed by atoms with Crippen molar-refractivity contribution in [2.75, 3.05) is 13.1 Å². The summed E-state index contributed by atoms with van der Waals surface area (Å²) in [5, 5.41) is 4.14. The van der Waals surface area contributed by atoms with Gasteiger partial charge >= 0.3 is 0 Å². The van der Waals surface area contributed by atoms with Gasteiger partial charge in [-0.3, -0.25) is 19.3 Å². The lowest BCUT2D eigenvalue weighted by molar-refractivity contribution is -0.125. The highest BCUT2D eigenvalue weighted by molar-refractivity contribution is 8.18. The Morgan fingerprint density at radius 3 is 2.47 bits per heavy atom. The Labute approximate surface area is 207 Å². The molecule has 3 rings (SSSR count). The predicted octanol–water partition coefficient (Wildman–Crippen LogP) is 3.60. The third-order valence-corrected chi connectivity index (χ3v) is 8.19. The fraction of sp³-hybridized carbons (Fsp3) is 0.348. The van der Waals surface area contributed by atoms with Gasteiger partial charge in [0.2, 0.25) is 15.9 Å². The molecule has 0 aliphatic carbocycles. The number of thioether (sulfide) groups is 1. The van der Waals surface area contributed by atoms with E-state index in [1.165, 1.54) is 23.5 Å². The summed E-state index contributed by atoms with van der Waals surface area (Å²) in [6.45, 7) is 5.65. The number of benzene rings is 1. The summed E-state index contributed by atoms with van der Waals surface area (Å²) in [6.07, 6.45) is 1.97. The lowest BCUT2D eigenvalue weighted by Crippen LogP contribution is -2.49. The summed E-state index contributed by atoms with van der Waals surface area (Å²) in [4.78, 5) is 40.0. The van der Waals surface area contributed by atoms with Crippen LogP contribution in [0.1, 0.15) is 30.7 Å². The van der Waals surface area contributed by atoms with Gasteiger partial charge in [0.25, 0.3) is 11.1 Å². The van der Waals surface area contributed by atoms with Crippen molar-refractivity contribution in [2.45, 2.75) is 38.1 Å². The molecule has 1 aromatic heterocycles. The smallest absolute Gasteiger partial charge is 0.293 e. The maximum absolute atomic E-state index is 12.8. The Balaban J connectivity index is 1.61. The van der Waals surface area contributed by atoms with Crippen molar-refractivity contribution in [3.05, 3.63) is 57.1 Å². The standard InChI is InChI=1S/C23H27N3O5S3/c1-15(2)13-19(25-34(30,31)18-8-6-16(3)7-9-18)21(27)24-10-11-26-22(28)20(33-23(26)29)14-17-5-4-12-32-17/h4-9,12,14-15,19,25H,10-11,13H2,1-3H3,(H,24,27)/b20-14-/t19-/m0/s1. The van der Waals surface area contributed by atoms with E-state index in [1.54, 1.807) is 18.2 Å². The van der Waals surface area contributed by atoms with E-state index in [4.69, 9.17) is 0 Å². The molecule has 1 saturated heterocycles. The predicted molar refractivity (Wildman–Crippen MR) is 135 cm³/mol. The molecule has 3 amide bonds. The summed E-state index contributed by atoms with van der Waals surface area (Å²) in [5.74, 6) is -0.860. The van der Waals surface area contributed by atoms with Crippen LogP contribution in [0.4, 0.5) is 4.79 Å². The number of carbonyl (C=O) groups excluding carboxylic acids is 3. The SMILES string of the molecule is Cc1ccc(S(=O)(=O)N[C@@H](CC(C)C)C(=O)NCCN2C(=O)S/C(=C\c3cccs3)C2=O)cc1. The highest BCUT2D eigenvalue weighted by Crippen LogP contribution is 2.32. The van der Waals surface area contributed by atoms with Crippen LogP contribution in [-0.2, 0) is 19.6 Å². The van der Waals surface area contributed by atoms with Crippen molar-refractivity contribution >= 4 is 56.3 Å². The third-order valence-electron chi connectivity index (χ3n) is 4.98. The highest BCUT2D eigenvalue weighted by atomic mass is 32.2. The van der Waals surface area contributed by atoms with Gasteiger partial charge in [0.1, 0.15) is 6.04 Å². The minimum Gasteiger partial charge on any atom is -0.353 e. The van der Waals surface area contributed by atoms with Crippen molar-refractivity contribution in [1.29, 1.82) is 0 Å². The Bertz CT molecular complexity index is 1170. The molecule has 11 heteroatoms. The lowest BCUT2D eigenvalue weighted by atomic mass is 10.0. The number of rotatable bonds is 10. The topological polar surface area (TPSA) is 113 Å². The fourth-order valence-electron chi connectivity index (χ4n) is 3.26. The number of sulfonamides is 1. The van der Waals surface area contributed by atoms with Crippen LogP contribution in [0, 0.1) is 12.8 Å². The van der Waals surface area contributed by atoms with Gasteiger partial charge in [0.15, 0.2) is 0 Å². The van der Waals surface area contributed by atoms with Crippen LogP contribution in [0.3, 0.4) is 0 Å². The van der Waals surface area contributed by atoms with E-state index in [2.05, 4.69) is 10.0 Å².